The van der Waals surface area contributed by atoms with Crippen molar-refractivity contribution in [3.05, 3.63) is 11.6 Å². The second-order valence-electron chi connectivity index (χ2n) is 9.24. The molecule has 36 heavy (non-hydrogen) atoms. The zero-order valence-corrected chi connectivity index (χ0v) is 21.7. The number of hydroxylamine groups is 2. The van der Waals surface area contributed by atoms with E-state index >= 15 is 0 Å². The first-order valence-corrected chi connectivity index (χ1v) is 13.6. The molecule has 11 nitrogen and oxygen atoms in total. The van der Waals surface area contributed by atoms with E-state index in [1.807, 2.05) is 6.92 Å². The quantitative estimate of drug-likeness (QED) is 0.111. The molecule has 1 aliphatic rings. The third kappa shape index (κ3) is 10.1. The summed E-state index contributed by atoms with van der Waals surface area (Å²) in [4.78, 5) is 52.9. The fraction of sp³-hybridized carbons (Fsp3) is 0.708. The Labute approximate surface area is 216 Å². The molecule has 1 aliphatic carbocycles. The summed E-state index contributed by atoms with van der Waals surface area (Å²) in [5.41, 5.74) is 4.99. The lowest BCUT2D eigenvalue weighted by Gasteiger charge is -2.34. The molecule has 202 valence electrons. The maximum absolute atomic E-state index is 13.6. The van der Waals surface area contributed by atoms with Crippen molar-refractivity contribution >= 4 is 40.8 Å². The molecule has 1 aromatic heterocycles. The van der Waals surface area contributed by atoms with Crippen LogP contribution in [0.15, 0.2) is 11.6 Å². The van der Waals surface area contributed by atoms with Crippen LogP contribution in [-0.4, -0.2) is 58.3 Å². The van der Waals surface area contributed by atoms with Gasteiger partial charge in [-0.3, -0.25) is 19.6 Å². The fourth-order valence-electron chi connectivity index (χ4n) is 4.76. The van der Waals surface area contributed by atoms with Crippen molar-refractivity contribution in [1.29, 1.82) is 0 Å². The minimum absolute atomic E-state index is 0.117. The first-order chi connectivity index (χ1) is 17.3. The lowest BCUT2D eigenvalue weighted by molar-refractivity contribution is -0.169. The zero-order valence-electron chi connectivity index (χ0n) is 20.9. The van der Waals surface area contributed by atoms with Crippen LogP contribution in [0.3, 0.4) is 0 Å². The molecule has 12 heteroatoms. The second-order valence-corrected chi connectivity index (χ2v) is 10.1. The van der Waals surface area contributed by atoms with Gasteiger partial charge in [0.1, 0.15) is 6.04 Å². The molecular weight excluding hydrogens is 486 g/mol. The van der Waals surface area contributed by atoms with Gasteiger partial charge in [0.05, 0.1) is 18.6 Å². The van der Waals surface area contributed by atoms with E-state index in [9.17, 15) is 24.4 Å². The van der Waals surface area contributed by atoms with Crippen LogP contribution in [0.4, 0.5) is 9.93 Å². The summed E-state index contributed by atoms with van der Waals surface area (Å²) in [6.45, 7) is 2.05. The predicted molar refractivity (Wildman–Crippen MR) is 135 cm³/mol. The molecule has 0 radical (unpaired) electrons. The number of hydrogen-bond donors (Lipinski definition) is 4. The summed E-state index contributed by atoms with van der Waals surface area (Å²) in [5.74, 6) is -1.11. The Bertz CT molecular complexity index is 818. The number of carbonyl (C=O) groups excluding carboxylic acids is 4. The number of thiazole rings is 1. The van der Waals surface area contributed by atoms with E-state index in [0.29, 0.717) is 61.0 Å². The summed E-state index contributed by atoms with van der Waals surface area (Å²) in [6.07, 6.45) is 9.36. The van der Waals surface area contributed by atoms with Crippen LogP contribution in [0.1, 0.15) is 77.6 Å². The number of nitrogens with two attached hydrogens (primary N) is 1. The zero-order chi connectivity index (χ0) is 26.3. The second kappa shape index (κ2) is 16.1. The normalized spacial score (nSPS) is 16.4. The van der Waals surface area contributed by atoms with Crippen molar-refractivity contribution < 1.29 is 29.1 Å². The van der Waals surface area contributed by atoms with Gasteiger partial charge in [-0.2, -0.15) is 0 Å². The number of hydrogen-bond acceptors (Lipinski definition) is 8. The van der Waals surface area contributed by atoms with Gasteiger partial charge in [-0.1, -0.05) is 45.4 Å². The van der Waals surface area contributed by atoms with Crippen LogP contribution in [0.25, 0.3) is 0 Å². The lowest BCUT2D eigenvalue weighted by atomic mass is 9.79. The van der Waals surface area contributed by atoms with Gasteiger partial charge in [0.25, 0.3) is 0 Å². The number of amides is 4. The third-order valence-electron chi connectivity index (χ3n) is 6.57. The molecule has 0 bridgehead atoms. The van der Waals surface area contributed by atoms with Crippen LogP contribution >= 0.6 is 11.3 Å². The molecule has 3 atom stereocenters. The molecule has 2 rings (SSSR count). The van der Waals surface area contributed by atoms with Crippen molar-refractivity contribution in [3.8, 4) is 0 Å². The molecule has 0 saturated heterocycles. The average molecular weight is 526 g/mol. The first kappa shape index (κ1) is 29.5. The molecule has 1 aromatic rings. The molecule has 0 unspecified atom stereocenters. The monoisotopic (exact) mass is 525 g/mol. The lowest BCUT2D eigenvalue weighted by Crippen LogP contribution is -2.51. The van der Waals surface area contributed by atoms with E-state index in [1.165, 1.54) is 17.8 Å². The number of primary amides is 1. The molecule has 1 heterocycles. The minimum atomic E-state index is -0.866. The number of nitrogens with one attached hydrogen (secondary N) is 2. The van der Waals surface area contributed by atoms with Crippen molar-refractivity contribution in [3.63, 3.8) is 0 Å². The van der Waals surface area contributed by atoms with Gasteiger partial charge in [0.15, 0.2) is 5.13 Å². The van der Waals surface area contributed by atoms with Crippen molar-refractivity contribution in [1.82, 2.24) is 15.4 Å². The molecule has 0 aliphatic heterocycles. The number of unbranched alkanes of at least 4 members (excludes halogenated alkanes) is 1. The van der Waals surface area contributed by atoms with Crippen molar-refractivity contribution in [2.75, 3.05) is 11.9 Å². The maximum Gasteiger partial charge on any atom is 0.404 e. The SMILES string of the molecule is CCC[C@@H]([C@@H](CC1CCCCC1)C(=O)N[C@@H](CCCCOC(N)=O)C(=O)Nc1nccs1)N(O)C=O. The number of nitrogens with zero attached hydrogens (tertiary/aromatic N) is 2. The summed E-state index contributed by atoms with van der Waals surface area (Å²) in [6, 6.07) is -1.55. The van der Waals surface area contributed by atoms with E-state index in [-0.39, 0.29) is 12.5 Å². The standard InChI is InChI=1S/C24H39N5O6S/c1-2-8-20(29(34)16-30)18(15-17-9-4-3-5-10-17)21(31)27-19(11-6-7-13-35-23(25)33)22(32)28-24-26-12-14-36-24/h12,14,16-20,34H,2-11,13,15H2,1H3,(H2,25,33)(H,27,31)(H,26,28,32)/t18-,19+,20+/m1/s1. The van der Waals surface area contributed by atoms with Crippen LogP contribution in [0.2, 0.25) is 0 Å². The van der Waals surface area contributed by atoms with Crippen LogP contribution in [0, 0.1) is 11.8 Å². The number of rotatable bonds is 16. The molecule has 5 N–H and O–H groups in total. The van der Waals surface area contributed by atoms with E-state index in [1.54, 1.807) is 11.6 Å². The van der Waals surface area contributed by atoms with E-state index in [0.717, 1.165) is 25.7 Å². The fourth-order valence-corrected chi connectivity index (χ4v) is 5.29. The van der Waals surface area contributed by atoms with E-state index in [2.05, 4.69) is 15.6 Å². The molecule has 1 fully saturated rings. The van der Waals surface area contributed by atoms with Gasteiger partial charge in [0, 0.05) is 11.6 Å². The van der Waals surface area contributed by atoms with Crippen LogP contribution in [-0.2, 0) is 19.1 Å². The highest BCUT2D eigenvalue weighted by Gasteiger charge is 2.36. The Morgan fingerprint density at radius 2 is 2.00 bits per heavy atom. The Hall–Kier alpha value is -2.73. The van der Waals surface area contributed by atoms with E-state index in [4.69, 9.17) is 10.5 Å². The Kier molecular flexibility index (Phi) is 13.2. The minimum Gasteiger partial charge on any atom is -0.450 e. The number of ether oxygens (including phenoxy) is 1. The van der Waals surface area contributed by atoms with Gasteiger partial charge in [-0.15, -0.1) is 11.3 Å². The average Bonchev–Trinajstić information content (AvgIpc) is 3.38. The van der Waals surface area contributed by atoms with Gasteiger partial charge < -0.3 is 21.1 Å². The smallest absolute Gasteiger partial charge is 0.404 e. The van der Waals surface area contributed by atoms with Crippen LogP contribution in [0.5, 0.6) is 0 Å². The first-order valence-electron chi connectivity index (χ1n) is 12.7. The van der Waals surface area contributed by atoms with E-state index < -0.39 is 30.0 Å². The molecule has 0 aromatic carbocycles. The van der Waals surface area contributed by atoms with Gasteiger partial charge in [-0.25, -0.2) is 14.8 Å². The maximum atomic E-state index is 13.6. The van der Waals surface area contributed by atoms with Gasteiger partial charge >= 0.3 is 6.09 Å². The summed E-state index contributed by atoms with van der Waals surface area (Å²) in [7, 11) is 0. The predicted octanol–water partition coefficient (Wildman–Crippen LogP) is 3.43. The number of aromatic nitrogens is 1. The Morgan fingerprint density at radius 1 is 1.25 bits per heavy atom. The Morgan fingerprint density at radius 3 is 2.61 bits per heavy atom. The van der Waals surface area contributed by atoms with Crippen LogP contribution < -0.4 is 16.4 Å². The molecule has 1 saturated carbocycles. The Balaban J connectivity index is 2.16. The highest BCUT2D eigenvalue weighted by Crippen LogP contribution is 2.32. The summed E-state index contributed by atoms with van der Waals surface area (Å²) in [5, 5.41) is 18.7. The summed E-state index contributed by atoms with van der Waals surface area (Å²) < 4.78 is 4.75. The van der Waals surface area contributed by atoms with Crippen molar-refractivity contribution in [2.45, 2.75) is 89.6 Å². The summed E-state index contributed by atoms with van der Waals surface area (Å²) >= 11 is 1.26. The van der Waals surface area contributed by atoms with Crippen molar-refractivity contribution in [2.24, 2.45) is 17.6 Å². The topological polar surface area (TPSA) is 164 Å². The number of anilines is 1. The molecule has 4 amide bonds. The third-order valence-corrected chi connectivity index (χ3v) is 7.26. The highest BCUT2D eigenvalue weighted by atomic mass is 32.1. The highest BCUT2D eigenvalue weighted by molar-refractivity contribution is 7.13. The largest absolute Gasteiger partial charge is 0.450 e. The van der Waals surface area contributed by atoms with Gasteiger partial charge in [-0.05, 0) is 38.0 Å². The van der Waals surface area contributed by atoms with Gasteiger partial charge in [0.2, 0.25) is 18.2 Å². The number of carbonyl (C=O) groups is 4. The molecule has 0 spiro atoms. The molecular formula is C24H39N5O6S.